The lowest BCUT2D eigenvalue weighted by atomic mass is 9.70. The van der Waals surface area contributed by atoms with Crippen molar-refractivity contribution in [3.8, 4) is 5.88 Å². The SMILES string of the molecule is Cc1cc(C(F)(F)F)nc(OCC(F)(F)F)c1C(=O)NC[C@]1(CC2CC2)CC[C@H](S(=O)(=O)CC2CC2)CC1. The van der Waals surface area contributed by atoms with Crippen molar-refractivity contribution in [3.05, 3.63) is 22.9 Å². The molecule has 0 aliphatic heterocycles. The summed E-state index contributed by atoms with van der Waals surface area (Å²) in [5, 5.41) is 2.28. The monoisotopic (exact) mass is 570 g/mol. The van der Waals surface area contributed by atoms with Crippen LogP contribution in [0.15, 0.2) is 6.07 Å². The van der Waals surface area contributed by atoms with E-state index < -0.39 is 57.1 Å². The first-order chi connectivity index (χ1) is 17.6. The Morgan fingerprint density at radius 1 is 1.05 bits per heavy atom. The molecule has 0 saturated heterocycles. The maximum atomic E-state index is 13.2. The smallest absolute Gasteiger partial charge is 0.433 e. The number of sulfone groups is 1. The Balaban J connectivity index is 1.49. The van der Waals surface area contributed by atoms with Crippen LogP contribution in [0.25, 0.3) is 0 Å². The van der Waals surface area contributed by atoms with E-state index in [0.717, 1.165) is 32.1 Å². The molecule has 214 valence electrons. The molecular weight excluding hydrogens is 538 g/mol. The third-order valence-corrected chi connectivity index (χ3v) is 10.2. The number of rotatable bonds is 10. The zero-order chi connectivity index (χ0) is 27.9. The summed E-state index contributed by atoms with van der Waals surface area (Å²) >= 11 is 0. The van der Waals surface area contributed by atoms with E-state index in [9.17, 15) is 39.6 Å². The first-order valence-corrected chi connectivity index (χ1v) is 14.6. The maximum absolute atomic E-state index is 13.2. The predicted octanol–water partition coefficient (Wildman–Crippen LogP) is 5.63. The van der Waals surface area contributed by atoms with E-state index in [1.54, 1.807) is 0 Å². The topological polar surface area (TPSA) is 85.4 Å². The molecule has 1 amide bonds. The number of halogens is 6. The number of hydrogen-bond donors (Lipinski definition) is 1. The van der Waals surface area contributed by atoms with Gasteiger partial charge in [-0.05, 0) is 80.8 Å². The lowest BCUT2D eigenvalue weighted by Crippen LogP contribution is -2.43. The first-order valence-electron chi connectivity index (χ1n) is 12.9. The number of aromatic nitrogens is 1. The van der Waals surface area contributed by atoms with Gasteiger partial charge in [0.15, 0.2) is 16.4 Å². The molecular formula is C25H32F6N2O4S. The average Bonchev–Trinajstić information content (AvgIpc) is 3.73. The first kappa shape index (κ1) is 28.9. The van der Waals surface area contributed by atoms with Crippen molar-refractivity contribution in [2.24, 2.45) is 17.3 Å². The Hall–Kier alpha value is -2.05. The highest BCUT2D eigenvalue weighted by Gasteiger charge is 2.44. The lowest BCUT2D eigenvalue weighted by Gasteiger charge is -2.40. The molecule has 1 heterocycles. The number of alkyl halides is 6. The number of hydrogen-bond acceptors (Lipinski definition) is 5. The Kier molecular flexibility index (Phi) is 8.00. The van der Waals surface area contributed by atoms with Crippen LogP contribution in [-0.4, -0.2) is 49.6 Å². The van der Waals surface area contributed by atoms with Gasteiger partial charge in [0.05, 0.1) is 11.0 Å². The van der Waals surface area contributed by atoms with Crippen LogP contribution in [0, 0.1) is 24.2 Å². The Bertz CT molecular complexity index is 1140. The summed E-state index contributed by atoms with van der Waals surface area (Å²) in [4.78, 5) is 16.3. The molecule has 0 spiro atoms. The highest BCUT2D eigenvalue weighted by Crippen LogP contribution is 2.49. The van der Waals surface area contributed by atoms with E-state index in [1.807, 2.05) is 0 Å². The van der Waals surface area contributed by atoms with E-state index in [2.05, 4.69) is 15.0 Å². The van der Waals surface area contributed by atoms with Crippen LogP contribution in [0.2, 0.25) is 0 Å². The number of nitrogens with zero attached hydrogens (tertiary/aromatic N) is 1. The van der Waals surface area contributed by atoms with Crippen molar-refractivity contribution in [2.45, 2.75) is 82.3 Å². The van der Waals surface area contributed by atoms with Crippen molar-refractivity contribution in [2.75, 3.05) is 18.9 Å². The molecule has 3 aliphatic rings. The van der Waals surface area contributed by atoms with E-state index in [4.69, 9.17) is 0 Å². The van der Waals surface area contributed by atoms with E-state index >= 15 is 0 Å². The highest BCUT2D eigenvalue weighted by atomic mass is 32.2. The van der Waals surface area contributed by atoms with Crippen LogP contribution in [-0.2, 0) is 16.0 Å². The number of carbonyl (C=O) groups excluding carboxylic acids is 1. The molecule has 1 N–H and O–H groups in total. The molecule has 6 nitrogen and oxygen atoms in total. The fraction of sp³-hybridized carbons (Fsp3) is 0.760. The second-order valence-corrected chi connectivity index (χ2v) is 13.5. The van der Waals surface area contributed by atoms with Gasteiger partial charge in [-0.15, -0.1) is 0 Å². The standard InChI is InChI=1S/C25H32F6N2O4S/c1-15-10-19(25(29,30)31)33-22(37-14-24(26,27)28)20(15)21(34)32-13-23(11-16-2-3-16)8-6-18(7-9-23)38(35,36)12-17-4-5-17/h10,16-18H,2-9,11-14H2,1H3,(H,32,34)/t18-,23+. The quantitative estimate of drug-likeness (QED) is 0.369. The fourth-order valence-electron chi connectivity index (χ4n) is 5.38. The van der Waals surface area contributed by atoms with E-state index in [1.165, 1.54) is 6.92 Å². The molecule has 3 aliphatic carbocycles. The molecule has 13 heteroatoms. The van der Waals surface area contributed by atoms with Crippen LogP contribution in [0.5, 0.6) is 5.88 Å². The van der Waals surface area contributed by atoms with Crippen LogP contribution in [0.4, 0.5) is 26.3 Å². The molecule has 4 rings (SSSR count). The maximum Gasteiger partial charge on any atom is 0.433 e. The molecule has 0 atom stereocenters. The van der Waals surface area contributed by atoms with Crippen molar-refractivity contribution < 1.29 is 44.3 Å². The molecule has 3 saturated carbocycles. The number of aryl methyl sites for hydroxylation is 1. The fourth-order valence-corrected chi connectivity index (χ4v) is 7.59. The third-order valence-electron chi connectivity index (χ3n) is 7.78. The van der Waals surface area contributed by atoms with Gasteiger partial charge in [-0.2, -0.15) is 26.3 Å². The summed E-state index contributed by atoms with van der Waals surface area (Å²) in [6.45, 7) is -0.581. The lowest BCUT2D eigenvalue weighted by molar-refractivity contribution is -0.155. The van der Waals surface area contributed by atoms with Crippen LogP contribution in [0.1, 0.15) is 79.4 Å². The minimum Gasteiger partial charge on any atom is -0.467 e. The molecule has 1 aromatic rings. The van der Waals surface area contributed by atoms with Crippen LogP contribution >= 0.6 is 0 Å². The second-order valence-electron chi connectivity index (χ2n) is 11.2. The van der Waals surface area contributed by atoms with Crippen molar-refractivity contribution in [1.29, 1.82) is 0 Å². The molecule has 38 heavy (non-hydrogen) atoms. The zero-order valence-electron chi connectivity index (χ0n) is 21.1. The number of pyridine rings is 1. The molecule has 0 radical (unpaired) electrons. The average molecular weight is 571 g/mol. The number of nitrogens with one attached hydrogen (secondary N) is 1. The van der Waals surface area contributed by atoms with Crippen LogP contribution in [0.3, 0.4) is 0 Å². The van der Waals surface area contributed by atoms with Crippen molar-refractivity contribution in [1.82, 2.24) is 10.3 Å². The van der Waals surface area contributed by atoms with Gasteiger partial charge in [0.25, 0.3) is 5.91 Å². The van der Waals surface area contributed by atoms with E-state index in [0.29, 0.717) is 37.7 Å². The molecule has 1 aromatic heterocycles. The Labute approximate surface area is 217 Å². The van der Waals surface area contributed by atoms with Gasteiger partial charge in [-0.3, -0.25) is 4.79 Å². The summed E-state index contributed by atoms with van der Waals surface area (Å²) < 4.78 is 108. The summed E-state index contributed by atoms with van der Waals surface area (Å²) in [5.74, 6) is -0.971. The number of ether oxygens (including phenoxy) is 1. The summed E-state index contributed by atoms with van der Waals surface area (Å²) in [5.41, 5.74) is -2.54. The molecule has 0 aromatic carbocycles. The van der Waals surface area contributed by atoms with Gasteiger partial charge >= 0.3 is 12.4 Å². The minimum atomic E-state index is -4.94. The summed E-state index contributed by atoms with van der Waals surface area (Å²) in [7, 11) is -3.20. The van der Waals surface area contributed by atoms with Gasteiger partial charge < -0.3 is 10.1 Å². The van der Waals surface area contributed by atoms with Crippen LogP contribution < -0.4 is 10.1 Å². The molecule has 0 bridgehead atoms. The molecule has 0 unspecified atom stereocenters. The van der Waals surface area contributed by atoms with E-state index in [-0.39, 0.29) is 29.2 Å². The van der Waals surface area contributed by atoms with Gasteiger partial charge in [0.1, 0.15) is 11.3 Å². The highest BCUT2D eigenvalue weighted by molar-refractivity contribution is 7.92. The van der Waals surface area contributed by atoms with Crippen molar-refractivity contribution in [3.63, 3.8) is 0 Å². The third kappa shape index (κ3) is 7.53. The number of carbonyl (C=O) groups is 1. The minimum absolute atomic E-state index is 0.136. The second kappa shape index (κ2) is 10.5. The summed E-state index contributed by atoms with van der Waals surface area (Å²) in [6, 6.07) is 0.602. The van der Waals surface area contributed by atoms with Gasteiger partial charge in [-0.1, -0.05) is 12.8 Å². The van der Waals surface area contributed by atoms with Gasteiger partial charge in [-0.25, -0.2) is 13.4 Å². The molecule has 3 fully saturated rings. The zero-order valence-corrected chi connectivity index (χ0v) is 21.9. The Morgan fingerprint density at radius 2 is 1.66 bits per heavy atom. The van der Waals surface area contributed by atoms with Gasteiger partial charge in [0.2, 0.25) is 5.88 Å². The van der Waals surface area contributed by atoms with Gasteiger partial charge in [0, 0.05) is 6.54 Å². The Morgan fingerprint density at radius 3 is 2.18 bits per heavy atom. The predicted molar refractivity (Wildman–Crippen MR) is 126 cm³/mol. The number of amides is 1. The summed E-state index contributed by atoms with van der Waals surface area (Å²) in [6.07, 6.45) is -2.96. The van der Waals surface area contributed by atoms with Crippen molar-refractivity contribution >= 4 is 15.7 Å². The largest absolute Gasteiger partial charge is 0.467 e. The normalized spacial score (nSPS) is 24.8.